The summed E-state index contributed by atoms with van der Waals surface area (Å²) in [5, 5.41) is 3.25. The van der Waals surface area contributed by atoms with E-state index < -0.39 is 0 Å². The van der Waals surface area contributed by atoms with Gasteiger partial charge in [-0.3, -0.25) is 0 Å². The second-order valence-corrected chi connectivity index (χ2v) is 3.93. The van der Waals surface area contributed by atoms with E-state index in [1.54, 1.807) is 18.2 Å². The third-order valence-corrected chi connectivity index (χ3v) is 2.78. The van der Waals surface area contributed by atoms with Crippen LogP contribution in [0.3, 0.4) is 0 Å². The zero-order valence-corrected chi connectivity index (χ0v) is 9.77. The summed E-state index contributed by atoms with van der Waals surface area (Å²) >= 11 is 0. The average Bonchev–Trinajstić information content (AvgIpc) is 2.43. The minimum atomic E-state index is -0.375. The summed E-state index contributed by atoms with van der Waals surface area (Å²) in [6.07, 6.45) is 0. The number of methoxy groups -OCH3 is 1. The van der Waals surface area contributed by atoms with Crippen LogP contribution in [0.5, 0.6) is 11.5 Å². The van der Waals surface area contributed by atoms with Gasteiger partial charge in [-0.2, -0.15) is 0 Å². The van der Waals surface area contributed by atoms with E-state index >= 15 is 0 Å². The summed E-state index contributed by atoms with van der Waals surface area (Å²) in [6.45, 7) is 0. The van der Waals surface area contributed by atoms with Crippen LogP contribution >= 0.6 is 0 Å². The van der Waals surface area contributed by atoms with Crippen molar-refractivity contribution < 1.29 is 14.3 Å². The van der Waals surface area contributed by atoms with Crippen molar-refractivity contribution in [1.82, 2.24) is 0 Å². The van der Waals surface area contributed by atoms with Crippen molar-refractivity contribution in [3.8, 4) is 11.5 Å². The van der Waals surface area contributed by atoms with Gasteiger partial charge in [-0.05, 0) is 30.3 Å². The number of benzene rings is 2. The maximum absolute atomic E-state index is 11.4. The standard InChI is InChI=1S/C14H11NO3/c1-17-14(16)9-6-7-11-13(8-9)18-12-5-3-2-4-10(12)15-11/h2-8,15H,1H3. The maximum atomic E-state index is 11.4. The summed E-state index contributed by atoms with van der Waals surface area (Å²) in [7, 11) is 1.36. The molecular formula is C14H11NO3. The minimum Gasteiger partial charge on any atom is -0.465 e. The Bertz CT molecular complexity index is 622. The average molecular weight is 241 g/mol. The van der Waals surface area contributed by atoms with Gasteiger partial charge in [-0.25, -0.2) is 4.79 Å². The largest absolute Gasteiger partial charge is 0.465 e. The lowest BCUT2D eigenvalue weighted by molar-refractivity contribution is 0.0600. The summed E-state index contributed by atoms with van der Waals surface area (Å²) in [4.78, 5) is 11.4. The van der Waals surface area contributed by atoms with Gasteiger partial charge in [0.1, 0.15) is 0 Å². The van der Waals surface area contributed by atoms with Crippen LogP contribution in [0.2, 0.25) is 0 Å². The van der Waals surface area contributed by atoms with Gasteiger partial charge in [0, 0.05) is 0 Å². The van der Waals surface area contributed by atoms with Crippen LogP contribution in [-0.2, 0) is 4.74 Å². The molecule has 0 aromatic heterocycles. The van der Waals surface area contributed by atoms with E-state index in [1.807, 2.05) is 24.3 Å². The number of fused-ring (bicyclic) bond motifs is 2. The Morgan fingerprint density at radius 1 is 1.11 bits per heavy atom. The van der Waals surface area contributed by atoms with Gasteiger partial charge in [0.2, 0.25) is 0 Å². The molecule has 0 saturated carbocycles. The number of esters is 1. The van der Waals surface area contributed by atoms with Crippen LogP contribution in [-0.4, -0.2) is 13.1 Å². The monoisotopic (exact) mass is 241 g/mol. The normalized spacial score (nSPS) is 11.6. The van der Waals surface area contributed by atoms with E-state index in [0.29, 0.717) is 11.3 Å². The highest BCUT2D eigenvalue weighted by atomic mass is 16.5. The van der Waals surface area contributed by atoms with Gasteiger partial charge in [0.05, 0.1) is 24.0 Å². The van der Waals surface area contributed by atoms with Crippen LogP contribution < -0.4 is 10.1 Å². The molecule has 4 heteroatoms. The molecule has 4 nitrogen and oxygen atoms in total. The zero-order chi connectivity index (χ0) is 12.5. The first kappa shape index (κ1) is 10.7. The zero-order valence-electron chi connectivity index (χ0n) is 9.77. The summed E-state index contributed by atoms with van der Waals surface area (Å²) in [5.41, 5.74) is 2.22. The number of carbonyl (C=O) groups is 1. The first-order valence-electron chi connectivity index (χ1n) is 5.54. The topological polar surface area (TPSA) is 47.6 Å². The quantitative estimate of drug-likeness (QED) is 0.664. The molecule has 0 atom stereocenters. The Morgan fingerprint density at radius 3 is 2.72 bits per heavy atom. The Hall–Kier alpha value is -2.49. The van der Waals surface area contributed by atoms with E-state index in [9.17, 15) is 4.79 Å². The maximum Gasteiger partial charge on any atom is 0.337 e. The second kappa shape index (κ2) is 4.07. The molecule has 1 aliphatic rings. The number of anilines is 2. The molecular weight excluding hydrogens is 230 g/mol. The third kappa shape index (κ3) is 1.68. The van der Waals surface area contributed by atoms with E-state index in [1.165, 1.54) is 7.11 Å². The SMILES string of the molecule is COC(=O)c1ccc2c(c1)Oc1ccccc1N2. The van der Waals surface area contributed by atoms with Crippen molar-refractivity contribution in [2.75, 3.05) is 12.4 Å². The fourth-order valence-electron chi connectivity index (χ4n) is 1.88. The van der Waals surface area contributed by atoms with Gasteiger partial charge < -0.3 is 14.8 Å². The first-order chi connectivity index (χ1) is 8.78. The summed E-state index contributed by atoms with van der Waals surface area (Å²) in [5.74, 6) is 0.990. The molecule has 90 valence electrons. The minimum absolute atomic E-state index is 0.375. The van der Waals surface area contributed by atoms with Crippen LogP contribution in [0.25, 0.3) is 0 Å². The molecule has 0 fully saturated rings. The van der Waals surface area contributed by atoms with Gasteiger partial charge in [-0.1, -0.05) is 12.1 Å². The number of rotatable bonds is 1. The van der Waals surface area contributed by atoms with Crippen LogP contribution in [0.4, 0.5) is 11.4 Å². The molecule has 18 heavy (non-hydrogen) atoms. The lowest BCUT2D eigenvalue weighted by atomic mass is 10.1. The highest BCUT2D eigenvalue weighted by molar-refractivity contribution is 5.91. The number of ether oxygens (including phenoxy) is 2. The number of nitrogens with one attached hydrogen (secondary N) is 1. The molecule has 1 N–H and O–H groups in total. The van der Waals surface area contributed by atoms with E-state index in [0.717, 1.165) is 17.1 Å². The van der Waals surface area contributed by atoms with Crippen molar-refractivity contribution >= 4 is 17.3 Å². The van der Waals surface area contributed by atoms with Gasteiger partial charge in [-0.15, -0.1) is 0 Å². The number of hydrogen-bond donors (Lipinski definition) is 1. The fourth-order valence-corrected chi connectivity index (χ4v) is 1.88. The molecule has 0 spiro atoms. The lowest BCUT2D eigenvalue weighted by Gasteiger charge is -2.21. The van der Waals surface area contributed by atoms with Crippen molar-refractivity contribution in [3.05, 3.63) is 48.0 Å². The molecule has 0 amide bonds. The van der Waals surface area contributed by atoms with Crippen LogP contribution in [0.1, 0.15) is 10.4 Å². The number of hydrogen-bond acceptors (Lipinski definition) is 4. The van der Waals surface area contributed by atoms with Crippen molar-refractivity contribution in [2.45, 2.75) is 0 Å². The van der Waals surface area contributed by atoms with Crippen molar-refractivity contribution in [3.63, 3.8) is 0 Å². The molecule has 1 heterocycles. The number of carbonyl (C=O) groups excluding carboxylic acids is 1. The van der Waals surface area contributed by atoms with Crippen LogP contribution in [0, 0.1) is 0 Å². The Balaban J connectivity index is 2.01. The summed E-state index contributed by atoms with van der Waals surface area (Å²) < 4.78 is 10.4. The highest BCUT2D eigenvalue weighted by Crippen LogP contribution is 2.41. The fraction of sp³-hybridized carbons (Fsp3) is 0.0714. The molecule has 0 aliphatic carbocycles. The van der Waals surface area contributed by atoms with E-state index in [4.69, 9.17) is 4.74 Å². The smallest absolute Gasteiger partial charge is 0.337 e. The Kier molecular flexibility index (Phi) is 2.41. The van der Waals surface area contributed by atoms with E-state index in [2.05, 4.69) is 10.1 Å². The predicted molar refractivity (Wildman–Crippen MR) is 67.6 cm³/mol. The molecule has 3 rings (SSSR count). The third-order valence-electron chi connectivity index (χ3n) is 2.78. The second-order valence-electron chi connectivity index (χ2n) is 3.93. The van der Waals surface area contributed by atoms with Crippen molar-refractivity contribution in [2.24, 2.45) is 0 Å². The Labute approximate surface area is 104 Å². The molecule has 2 aromatic rings. The lowest BCUT2D eigenvalue weighted by Crippen LogP contribution is -2.06. The molecule has 0 bridgehead atoms. The number of para-hydroxylation sites is 2. The predicted octanol–water partition coefficient (Wildman–Crippen LogP) is 3.32. The van der Waals surface area contributed by atoms with Gasteiger partial charge in [0.25, 0.3) is 0 Å². The van der Waals surface area contributed by atoms with Crippen LogP contribution in [0.15, 0.2) is 42.5 Å². The summed E-state index contributed by atoms with van der Waals surface area (Å²) in [6, 6.07) is 12.8. The molecule has 0 unspecified atom stereocenters. The molecule has 0 radical (unpaired) electrons. The Morgan fingerprint density at radius 2 is 1.89 bits per heavy atom. The van der Waals surface area contributed by atoms with Crippen molar-refractivity contribution in [1.29, 1.82) is 0 Å². The van der Waals surface area contributed by atoms with Gasteiger partial charge >= 0.3 is 5.97 Å². The molecule has 1 aliphatic heterocycles. The molecule has 0 saturated heterocycles. The first-order valence-corrected chi connectivity index (χ1v) is 5.54. The van der Waals surface area contributed by atoms with Gasteiger partial charge in [0.15, 0.2) is 11.5 Å². The van der Waals surface area contributed by atoms with E-state index in [-0.39, 0.29) is 5.97 Å². The highest BCUT2D eigenvalue weighted by Gasteiger charge is 2.17. The molecule has 2 aromatic carbocycles.